The van der Waals surface area contributed by atoms with E-state index in [-0.39, 0.29) is 6.04 Å². The lowest BCUT2D eigenvalue weighted by atomic mass is 10.1. The van der Waals surface area contributed by atoms with Crippen molar-refractivity contribution in [2.45, 2.75) is 6.04 Å². The third-order valence-corrected chi connectivity index (χ3v) is 2.19. The first kappa shape index (κ1) is 8.53. The number of phenols is 1. The number of rotatable bonds is 1. The molecule has 1 heterocycles. The third kappa shape index (κ3) is 1.99. The molecule has 1 aromatic carbocycles. The number of phenolic OH excluding ortho intramolecular Hbond substituents is 1. The van der Waals surface area contributed by atoms with E-state index in [1.807, 2.05) is 12.1 Å². The molecular weight excluding hydrogens is 166 g/mol. The van der Waals surface area contributed by atoms with Crippen LogP contribution in [0.5, 0.6) is 5.75 Å². The molecule has 2 N–H and O–H groups in total. The van der Waals surface area contributed by atoms with Gasteiger partial charge >= 0.3 is 0 Å². The van der Waals surface area contributed by atoms with Crippen LogP contribution >= 0.6 is 0 Å². The molecule has 0 bridgehead atoms. The lowest BCUT2D eigenvalue weighted by Crippen LogP contribution is -2.34. The molecule has 3 nitrogen and oxygen atoms in total. The van der Waals surface area contributed by atoms with Gasteiger partial charge in [-0.15, -0.1) is 0 Å². The second-order valence-electron chi connectivity index (χ2n) is 3.18. The van der Waals surface area contributed by atoms with Crippen molar-refractivity contribution >= 4 is 0 Å². The zero-order valence-electron chi connectivity index (χ0n) is 7.36. The molecule has 70 valence electrons. The molecule has 0 saturated carbocycles. The van der Waals surface area contributed by atoms with Gasteiger partial charge in [0.2, 0.25) is 0 Å². The van der Waals surface area contributed by atoms with Crippen molar-refractivity contribution in [3.63, 3.8) is 0 Å². The number of ether oxygens (including phenoxy) is 1. The fraction of sp³-hybridized carbons (Fsp3) is 0.400. The van der Waals surface area contributed by atoms with Gasteiger partial charge in [-0.05, 0) is 17.7 Å². The molecule has 3 heteroatoms. The van der Waals surface area contributed by atoms with Gasteiger partial charge in [-0.3, -0.25) is 0 Å². The number of morpholine rings is 1. The van der Waals surface area contributed by atoms with Crippen molar-refractivity contribution in [3.8, 4) is 5.75 Å². The first-order valence-electron chi connectivity index (χ1n) is 4.46. The van der Waals surface area contributed by atoms with Crippen LogP contribution in [-0.2, 0) is 4.74 Å². The predicted molar refractivity (Wildman–Crippen MR) is 49.7 cm³/mol. The summed E-state index contributed by atoms with van der Waals surface area (Å²) in [4.78, 5) is 0. The summed E-state index contributed by atoms with van der Waals surface area (Å²) in [7, 11) is 0. The molecule has 0 spiro atoms. The molecule has 1 fully saturated rings. The molecule has 1 aliphatic rings. The average Bonchev–Trinajstić information content (AvgIpc) is 2.19. The Bertz CT molecular complexity index is 282. The number of hydrogen-bond donors (Lipinski definition) is 2. The van der Waals surface area contributed by atoms with Crippen molar-refractivity contribution in [3.05, 3.63) is 29.8 Å². The zero-order valence-corrected chi connectivity index (χ0v) is 7.36. The lowest BCUT2D eigenvalue weighted by molar-refractivity contribution is 0.0768. The zero-order chi connectivity index (χ0) is 9.10. The highest BCUT2D eigenvalue weighted by Crippen LogP contribution is 2.19. The van der Waals surface area contributed by atoms with E-state index in [1.54, 1.807) is 12.1 Å². The standard InChI is InChI=1S/C10H13NO2/c12-9-3-1-2-8(6-9)10-7-13-5-4-11-10/h1-3,6,10-12H,4-5,7H2. The molecule has 1 saturated heterocycles. The Morgan fingerprint density at radius 2 is 2.38 bits per heavy atom. The molecule has 1 aliphatic heterocycles. The largest absolute Gasteiger partial charge is 0.508 e. The van der Waals surface area contributed by atoms with Gasteiger partial charge in [-0.25, -0.2) is 0 Å². The summed E-state index contributed by atoms with van der Waals surface area (Å²) in [5, 5.41) is 12.6. The maximum Gasteiger partial charge on any atom is 0.115 e. The second kappa shape index (κ2) is 3.77. The van der Waals surface area contributed by atoms with E-state index < -0.39 is 0 Å². The molecule has 0 amide bonds. The maximum absolute atomic E-state index is 9.28. The van der Waals surface area contributed by atoms with Gasteiger partial charge in [-0.1, -0.05) is 12.1 Å². The van der Waals surface area contributed by atoms with Crippen LogP contribution in [0.25, 0.3) is 0 Å². The molecule has 0 aliphatic carbocycles. The Hall–Kier alpha value is -1.06. The minimum absolute atomic E-state index is 0.223. The molecule has 1 aromatic rings. The van der Waals surface area contributed by atoms with Gasteiger partial charge in [0.15, 0.2) is 0 Å². The fourth-order valence-electron chi connectivity index (χ4n) is 1.52. The molecule has 1 atom stereocenters. The topological polar surface area (TPSA) is 41.5 Å². The van der Waals surface area contributed by atoms with Crippen LogP contribution in [0.4, 0.5) is 0 Å². The molecule has 13 heavy (non-hydrogen) atoms. The van der Waals surface area contributed by atoms with Crippen LogP contribution in [0.2, 0.25) is 0 Å². The van der Waals surface area contributed by atoms with E-state index in [9.17, 15) is 5.11 Å². The van der Waals surface area contributed by atoms with E-state index >= 15 is 0 Å². The van der Waals surface area contributed by atoms with Crippen molar-refractivity contribution in [1.82, 2.24) is 5.32 Å². The number of nitrogens with one attached hydrogen (secondary N) is 1. The first-order chi connectivity index (χ1) is 6.36. The summed E-state index contributed by atoms with van der Waals surface area (Å²) in [5.41, 5.74) is 1.08. The minimum Gasteiger partial charge on any atom is -0.508 e. The molecule has 2 rings (SSSR count). The lowest BCUT2D eigenvalue weighted by Gasteiger charge is -2.24. The van der Waals surface area contributed by atoms with Gasteiger partial charge in [-0.2, -0.15) is 0 Å². The van der Waals surface area contributed by atoms with Crippen molar-refractivity contribution in [2.75, 3.05) is 19.8 Å². The van der Waals surface area contributed by atoms with Crippen LogP contribution in [0.3, 0.4) is 0 Å². The maximum atomic E-state index is 9.28. The SMILES string of the molecule is Oc1cccc(C2COCCN2)c1. The predicted octanol–water partition coefficient (Wildman–Crippen LogP) is 1.05. The molecule has 0 radical (unpaired) electrons. The van der Waals surface area contributed by atoms with Crippen LogP contribution in [-0.4, -0.2) is 24.9 Å². The average molecular weight is 179 g/mol. The highest BCUT2D eigenvalue weighted by atomic mass is 16.5. The summed E-state index contributed by atoms with van der Waals surface area (Å²) in [6.07, 6.45) is 0. The van der Waals surface area contributed by atoms with E-state index in [2.05, 4.69) is 5.32 Å². The van der Waals surface area contributed by atoms with Crippen LogP contribution in [0.1, 0.15) is 11.6 Å². The number of aromatic hydroxyl groups is 1. The van der Waals surface area contributed by atoms with Crippen molar-refractivity contribution in [1.29, 1.82) is 0 Å². The van der Waals surface area contributed by atoms with Crippen LogP contribution < -0.4 is 5.32 Å². The van der Waals surface area contributed by atoms with E-state index in [1.165, 1.54) is 0 Å². The monoisotopic (exact) mass is 179 g/mol. The van der Waals surface area contributed by atoms with E-state index in [0.29, 0.717) is 12.4 Å². The summed E-state index contributed by atoms with van der Waals surface area (Å²) in [5.74, 6) is 0.310. The Morgan fingerprint density at radius 3 is 3.08 bits per heavy atom. The van der Waals surface area contributed by atoms with E-state index in [4.69, 9.17) is 4.74 Å². The number of benzene rings is 1. The van der Waals surface area contributed by atoms with Gasteiger partial charge in [0, 0.05) is 6.54 Å². The van der Waals surface area contributed by atoms with Gasteiger partial charge in [0.25, 0.3) is 0 Å². The molecular formula is C10H13NO2. The minimum atomic E-state index is 0.223. The van der Waals surface area contributed by atoms with Gasteiger partial charge in [0.1, 0.15) is 5.75 Å². The van der Waals surface area contributed by atoms with Gasteiger partial charge < -0.3 is 15.2 Å². The summed E-state index contributed by atoms with van der Waals surface area (Å²) >= 11 is 0. The highest BCUT2D eigenvalue weighted by molar-refractivity contribution is 5.29. The van der Waals surface area contributed by atoms with Crippen LogP contribution in [0, 0.1) is 0 Å². The van der Waals surface area contributed by atoms with Crippen molar-refractivity contribution < 1.29 is 9.84 Å². The first-order valence-corrected chi connectivity index (χ1v) is 4.46. The molecule has 0 aromatic heterocycles. The Morgan fingerprint density at radius 1 is 1.46 bits per heavy atom. The summed E-state index contributed by atoms with van der Waals surface area (Å²) in [6, 6.07) is 7.51. The van der Waals surface area contributed by atoms with Gasteiger partial charge in [0.05, 0.1) is 19.3 Å². The second-order valence-corrected chi connectivity index (χ2v) is 3.18. The quantitative estimate of drug-likeness (QED) is 0.677. The summed E-state index contributed by atoms with van der Waals surface area (Å²) in [6.45, 7) is 2.33. The van der Waals surface area contributed by atoms with E-state index in [0.717, 1.165) is 18.7 Å². The normalized spacial score (nSPS) is 22.9. The summed E-state index contributed by atoms with van der Waals surface area (Å²) < 4.78 is 5.33. The van der Waals surface area contributed by atoms with Crippen LogP contribution in [0.15, 0.2) is 24.3 Å². The molecule has 1 unspecified atom stereocenters. The highest BCUT2D eigenvalue weighted by Gasteiger charge is 2.14. The third-order valence-electron chi connectivity index (χ3n) is 2.19. The van der Waals surface area contributed by atoms with Crippen molar-refractivity contribution in [2.24, 2.45) is 0 Å². The number of hydrogen-bond acceptors (Lipinski definition) is 3. The Balaban J connectivity index is 2.14. The Labute approximate surface area is 77.3 Å². The Kier molecular flexibility index (Phi) is 2.47. The smallest absolute Gasteiger partial charge is 0.115 e. The fourth-order valence-corrected chi connectivity index (χ4v) is 1.52.